The fourth-order valence-corrected chi connectivity index (χ4v) is 3.98. The Bertz CT molecular complexity index is 864. The van der Waals surface area contributed by atoms with Gasteiger partial charge in [0.05, 0.1) is 18.7 Å². The van der Waals surface area contributed by atoms with Crippen molar-refractivity contribution in [3.63, 3.8) is 0 Å². The van der Waals surface area contributed by atoms with Gasteiger partial charge in [-0.2, -0.15) is 0 Å². The predicted octanol–water partition coefficient (Wildman–Crippen LogP) is 3.29. The molecule has 0 N–H and O–H groups in total. The lowest BCUT2D eigenvalue weighted by Gasteiger charge is -2.25. The molecular formula is C22H26N2O3. The highest BCUT2D eigenvalue weighted by atomic mass is 16.5. The average Bonchev–Trinajstić information content (AvgIpc) is 3.07. The van der Waals surface area contributed by atoms with Crippen molar-refractivity contribution >= 4 is 5.91 Å². The number of carbonyl (C=O) groups is 1. The first-order valence-electron chi connectivity index (χ1n) is 9.44. The van der Waals surface area contributed by atoms with E-state index in [0.29, 0.717) is 17.4 Å². The monoisotopic (exact) mass is 366 g/mol. The van der Waals surface area contributed by atoms with Crippen LogP contribution in [0.25, 0.3) is 11.1 Å². The van der Waals surface area contributed by atoms with Crippen LogP contribution in [0.1, 0.15) is 24.2 Å². The molecule has 0 spiro atoms. The highest BCUT2D eigenvalue weighted by molar-refractivity contribution is 5.98. The number of methoxy groups -OCH3 is 1. The van der Waals surface area contributed by atoms with E-state index in [2.05, 4.69) is 18.7 Å². The molecule has 2 atom stereocenters. The molecule has 0 radical (unpaired) electrons. The lowest BCUT2D eigenvalue weighted by atomic mass is 10.0. The molecule has 0 bridgehead atoms. The Balaban J connectivity index is 1.71. The normalized spacial score (nSPS) is 22.3. The van der Waals surface area contributed by atoms with E-state index in [-0.39, 0.29) is 18.1 Å². The molecule has 0 aliphatic carbocycles. The van der Waals surface area contributed by atoms with Crippen LogP contribution in [0.15, 0.2) is 42.5 Å². The van der Waals surface area contributed by atoms with Crippen molar-refractivity contribution < 1.29 is 14.3 Å². The maximum Gasteiger partial charge on any atom is 0.257 e. The molecule has 1 amide bonds. The molecule has 1 saturated heterocycles. The minimum atomic E-state index is -0.0110. The van der Waals surface area contributed by atoms with Gasteiger partial charge in [-0.25, -0.2) is 0 Å². The van der Waals surface area contributed by atoms with Crippen LogP contribution in [-0.4, -0.2) is 61.1 Å². The summed E-state index contributed by atoms with van der Waals surface area (Å²) in [5.74, 6) is 1.51. The first-order valence-corrected chi connectivity index (χ1v) is 9.44. The van der Waals surface area contributed by atoms with Crippen LogP contribution in [0.5, 0.6) is 11.5 Å². The lowest BCUT2D eigenvalue weighted by Crippen LogP contribution is -2.44. The minimum Gasteiger partial charge on any atom is -0.497 e. The van der Waals surface area contributed by atoms with Crippen molar-refractivity contribution in [3.8, 4) is 22.6 Å². The molecule has 2 aromatic carbocycles. The second-order valence-corrected chi connectivity index (χ2v) is 7.63. The zero-order valence-corrected chi connectivity index (χ0v) is 16.3. The number of rotatable bonds is 3. The fourth-order valence-electron chi connectivity index (χ4n) is 3.98. The molecule has 1 fully saturated rings. The third-order valence-corrected chi connectivity index (χ3v) is 5.71. The number of benzene rings is 2. The largest absolute Gasteiger partial charge is 0.497 e. The van der Waals surface area contributed by atoms with Gasteiger partial charge >= 0.3 is 0 Å². The number of nitrogens with zero attached hydrogens (tertiary/aromatic N) is 2. The Morgan fingerprint density at radius 2 is 1.89 bits per heavy atom. The topological polar surface area (TPSA) is 42.0 Å². The smallest absolute Gasteiger partial charge is 0.257 e. The number of hydrogen-bond donors (Lipinski definition) is 0. The van der Waals surface area contributed by atoms with Crippen LogP contribution >= 0.6 is 0 Å². The number of hydrogen-bond acceptors (Lipinski definition) is 4. The summed E-state index contributed by atoms with van der Waals surface area (Å²) < 4.78 is 11.7. The van der Waals surface area contributed by atoms with Gasteiger partial charge in [0.25, 0.3) is 5.91 Å². The van der Waals surface area contributed by atoms with Gasteiger partial charge in [0.2, 0.25) is 0 Å². The van der Waals surface area contributed by atoms with E-state index >= 15 is 0 Å². The Labute approximate surface area is 160 Å². The SMILES string of the molecule is COc1cccc(-c2ccc3c(c2)OC2CN(C(C)C)CC2N(C)C3=O)c1. The van der Waals surface area contributed by atoms with Gasteiger partial charge in [-0.3, -0.25) is 9.69 Å². The van der Waals surface area contributed by atoms with Crippen LogP contribution in [-0.2, 0) is 0 Å². The van der Waals surface area contributed by atoms with Gasteiger partial charge in [-0.05, 0) is 49.2 Å². The van der Waals surface area contributed by atoms with Crippen molar-refractivity contribution in [2.24, 2.45) is 0 Å². The van der Waals surface area contributed by atoms with E-state index in [1.807, 2.05) is 54.4 Å². The second-order valence-electron chi connectivity index (χ2n) is 7.63. The van der Waals surface area contributed by atoms with E-state index < -0.39 is 0 Å². The number of ether oxygens (including phenoxy) is 2. The van der Waals surface area contributed by atoms with E-state index in [4.69, 9.17) is 9.47 Å². The molecular weight excluding hydrogens is 340 g/mol. The summed E-state index contributed by atoms with van der Waals surface area (Å²) >= 11 is 0. The zero-order valence-electron chi connectivity index (χ0n) is 16.3. The molecule has 0 aromatic heterocycles. The molecule has 27 heavy (non-hydrogen) atoms. The first-order chi connectivity index (χ1) is 13.0. The number of fused-ring (bicyclic) bond motifs is 2. The van der Waals surface area contributed by atoms with E-state index in [0.717, 1.165) is 30.0 Å². The molecule has 5 nitrogen and oxygen atoms in total. The Morgan fingerprint density at radius 3 is 2.63 bits per heavy atom. The Kier molecular flexibility index (Phi) is 4.56. The van der Waals surface area contributed by atoms with Gasteiger partial charge in [0, 0.05) is 26.2 Å². The van der Waals surface area contributed by atoms with Gasteiger partial charge in [-0.15, -0.1) is 0 Å². The van der Waals surface area contributed by atoms with E-state index in [1.54, 1.807) is 7.11 Å². The summed E-state index contributed by atoms with van der Waals surface area (Å²) in [6.45, 7) is 6.05. The summed E-state index contributed by atoms with van der Waals surface area (Å²) in [5, 5.41) is 0. The maximum absolute atomic E-state index is 13.0. The molecule has 142 valence electrons. The molecule has 2 aliphatic heterocycles. The molecule has 0 saturated carbocycles. The quantitative estimate of drug-likeness (QED) is 0.836. The molecule has 5 heteroatoms. The maximum atomic E-state index is 13.0. The number of carbonyl (C=O) groups excluding carboxylic acids is 1. The third kappa shape index (κ3) is 3.16. The molecule has 2 aromatic rings. The summed E-state index contributed by atoms with van der Waals surface area (Å²) in [4.78, 5) is 17.2. The summed E-state index contributed by atoms with van der Waals surface area (Å²) in [6.07, 6.45) is -0.0110. The van der Waals surface area contributed by atoms with Crippen molar-refractivity contribution in [1.82, 2.24) is 9.80 Å². The van der Waals surface area contributed by atoms with Gasteiger partial charge in [0.1, 0.15) is 17.6 Å². The van der Waals surface area contributed by atoms with Crippen molar-refractivity contribution in [3.05, 3.63) is 48.0 Å². The predicted molar refractivity (Wildman–Crippen MR) is 105 cm³/mol. The van der Waals surface area contributed by atoms with Crippen molar-refractivity contribution in [2.75, 3.05) is 27.2 Å². The van der Waals surface area contributed by atoms with Crippen LogP contribution in [0.2, 0.25) is 0 Å². The first kappa shape index (κ1) is 17.9. The number of amides is 1. The Hall–Kier alpha value is -2.53. The second kappa shape index (κ2) is 6.89. The standard InChI is InChI=1S/C22H26N2O3/c1-14(2)24-12-19-21(13-24)27-20-11-16(8-9-18(20)22(25)23(19)3)15-6-5-7-17(10-15)26-4/h5-11,14,19,21H,12-13H2,1-4H3. The van der Waals surface area contributed by atoms with Crippen LogP contribution in [0, 0.1) is 0 Å². The summed E-state index contributed by atoms with van der Waals surface area (Å²) in [7, 11) is 3.55. The van der Waals surface area contributed by atoms with Crippen LogP contribution in [0.4, 0.5) is 0 Å². The van der Waals surface area contributed by atoms with Crippen molar-refractivity contribution in [1.29, 1.82) is 0 Å². The average molecular weight is 366 g/mol. The van der Waals surface area contributed by atoms with Crippen LogP contribution in [0.3, 0.4) is 0 Å². The summed E-state index contributed by atoms with van der Waals surface area (Å²) in [5.41, 5.74) is 2.69. The Morgan fingerprint density at radius 1 is 1.11 bits per heavy atom. The molecule has 2 aliphatic rings. The van der Waals surface area contributed by atoms with Gasteiger partial charge in [0.15, 0.2) is 0 Å². The van der Waals surface area contributed by atoms with Crippen molar-refractivity contribution in [2.45, 2.75) is 32.0 Å². The highest BCUT2D eigenvalue weighted by Crippen LogP contribution is 2.35. The molecule has 2 unspecified atom stereocenters. The summed E-state index contributed by atoms with van der Waals surface area (Å²) in [6, 6.07) is 14.3. The lowest BCUT2D eigenvalue weighted by molar-refractivity contribution is 0.0681. The number of likely N-dealkylation sites (N-methyl/N-ethyl adjacent to an activating group) is 1. The van der Waals surface area contributed by atoms with Crippen LogP contribution < -0.4 is 9.47 Å². The number of likely N-dealkylation sites (tertiary alicyclic amines) is 1. The van der Waals surface area contributed by atoms with Gasteiger partial charge < -0.3 is 14.4 Å². The van der Waals surface area contributed by atoms with Gasteiger partial charge in [-0.1, -0.05) is 18.2 Å². The zero-order chi connectivity index (χ0) is 19.1. The third-order valence-electron chi connectivity index (χ3n) is 5.71. The molecule has 2 heterocycles. The van der Waals surface area contributed by atoms with E-state index in [9.17, 15) is 4.79 Å². The minimum absolute atomic E-state index is 0.0110. The van der Waals surface area contributed by atoms with E-state index in [1.165, 1.54) is 0 Å². The fraction of sp³-hybridized carbons (Fsp3) is 0.409. The highest BCUT2D eigenvalue weighted by Gasteiger charge is 2.42. The molecule has 4 rings (SSSR count).